The molecule has 7 nitrogen and oxygen atoms in total. The number of nitrogens with zero attached hydrogens (tertiary/aromatic N) is 2. The summed E-state index contributed by atoms with van der Waals surface area (Å²) in [5.41, 5.74) is 2.56. The number of carbonyl (C=O) groups is 1. The first-order valence-corrected chi connectivity index (χ1v) is 15.2. The van der Waals surface area contributed by atoms with Crippen molar-refractivity contribution in [2.75, 3.05) is 13.7 Å². The maximum atomic E-state index is 13.8. The highest BCUT2D eigenvalue weighted by Gasteiger charge is 2.33. The predicted molar refractivity (Wildman–Crippen MR) is 166 cm³/mol. The summed E-state index contributed by atoms with van der Waals surface area (Å²) in [5, 5.41) is 4.24. The number of methoxy groups -OCH3 is 1. The van der Waals surface area contributed by atoms with Gasteiger partial charge in [-0.1, -0.05) is 65.9 Å². The number of ether oxygens (including phenoxy) is 3. The Kier molecular flexibility index (Phi) is 7.78. The summed E-state index contributed by atoms with van der Waals surface area (Å²) < 4.78 is 19.3. The van der Waals surface area contributed by atoms with E-state index in [9.17, 15) is 9.59 Å². The minimum absolute atomic E-state index is 0.222. The van der Waals surface area contributed by atoms with E-state index in [1.54, 1.807) is 11.5 Å². The number of benzene rings is 3. The van der Waals surface area contributed by atoms with Crippen LogP contribution in [0.25, 0.3) is 16.8 Å². The number of hydrogen-bond donors (Lipinski definition) is 0. The number of carbonyl (C=O) groups excluding carboxylic acids is 1. The molecule has 6 rings (SSSR count). The molecular formula is C33H28N2O5S2. The lowest BCUT2D eigenvalue weighted by atomic mass is 10.0. The molecule has 1 aliphatic heterocycles. The molecule has 0 spiro atoms. The minimum atomic E-state index is -0.598. The van der Waals surface area contributed by atoms with Gasteiger partial charge in [-0.25, -0.2) is 9.79 Å². The minimum Gasteiger partial charge on any atom is -0.490 e. The van der Waals surface area contributed by atoms with Crippen molar-refractivity contribution >= 4 is 45.5 Å². The number of fused-ring (bicyclic) bond motifs is 2. The van der Waals surface area contributed by atoms with E-state index in [0.717, 1.165) is 26.8 Å². The van der Waals surface area contributed by atoms with Gasteiger partial charge in [0.15, 0.2) is 16.3 Å². The molecule has 42 heavy (non-hydrogen) atoms. The van der Waals surface area contributed by atoms with Crippen LogP contribution < -0.4 is 24.4 Å². The molecular weight excluding hydrogens is 569 g/mol. The van der Waals surface area contributed by atoms with E-state index in [1.807, 2.05) is 66.9 Å². The number of allylic oxidation sites excluding steroid dienone is 1. The highest BCUT2D eigenvalue weighted by atomic mass is 32.1. The Bertz CT molecular complexity index is 2000. The largest absolute Gasteiger partial charge is 0.490 e. The Labute approximate surface area is 250 Å². The third-order valence-electron chi connectivity index (χ3n) is 7.07. The van der Waals surface area contributed by atoms with Crippen molar-refractivity contribution in [1.82, 2.24) is 4.57 Å². The van der Waals surface area contributed by atoms with Gasteiger partial charge in [0.2, 0.25) is 0 Å². The lowest BCUT2D eigenvalue weighted by Crippen LogP contribution is -2.39. The number of aromatic nitrogens is 1. The van der Waals surface area contributed by atoms with Crippen LogP contribution in [0.15, 0.2) is 99.2 Å². The second-order valence-electron chi connectivity index (χ2n) is 9.65. The maximum Gasteiger partial charge on any atom is 0.338 e. The monoisotopic (exact) mass is 596 g/mol. The van der Waals surface area contributed by atoms with Gasteiger partial charge in [0.1, 0.15) is 12.6 Å². The normalized spacial score (nSPS) is 14.9. The molecule has 0 saturated carbocycles. The average molecular weight is 597 g/mol. The summed E-state index contributed by atoms with van der Waals surface area (Å²) in [7, 11) is 1.34. The van der Waals surface area contributed by atoms with Gasteiger partial charge in [0.25, 0.3) is 5.56 Å². The molecule has 212 valence electrons. The van der Waals surface area contributed by atoms with Crippen LogP contribution in [-0.4, -0.2) is 24.3 Å². The standard InChI is InChI=1S/C33H28N2O5S2/c1-4-39-26-17-21(14-15-25(26)40-19-23-11-7-10-22-9-5-6-12-24(22)23)18-28-31(36)35-30(27-13-8-16-41-27)29(32(37)38-3)20(2)34-33(35)42-28/h5-18,30H,4,19H2,1-3H3. The highest BCUT2D eigenvalue weighted by Crippen LogP contribution is 2.33. The molecule has 3 heterocycles. The van der Waals surface area contributed by atoms with Gasteiger partial charge in [-0.2, -0.15) is 0 Å². The molecule has 0 radical (unpaired) electrons. The first-order chi connectivity index (χ1) is 20.5. The van der Waals surface area contributed by atoms with Crippen LogP contribution in [0.1, 0.15) is 35.9 Å². The second-order valence-corrected chi connectivity index (χ2v) is 11.6. The van der Waals surface area contributed by atoms with E-state index in [1.165, 1.54) is 29.8 Å². The Morgan fingerprint density at radius 2 is 1.86 bits per heavy atom. The molecule has 0 saturated heterocycles. The molecule has 1 unspecified atom stereocenters. The van der Waals surface area contributed by atoms with Crippen molar-refractivity contribution in [3.63, 3.8) is 0 Å². The van der Waals surface area contributed by atoms with Gasteiger partial charge in [-0.3, -0.25) is 9.36 Å². The Morgan fingerprint density at radius 1 is 1.02 bits per heavy atom. The fraction of sp³-hybridized carbons (Fsp3) is 0.182. The van der Waals surface area contributed by atoms with Crippen molar-refractivity contribution in [3.05, 3.63) is 125 Å². The molecule has 0 amide bonds. The molecule has 1 aliphatic rings. The van der Waals surface area contributed by atoms with Gasteiger partial charge >= 0.3 is 5.97 Å². The summed E-state index contributed by atoms with van der Waals surface area (Å²) in [5.74, 6) is 0.725. The van der Waals surface area contributed by atoms with Crippen LogP contribution in [0.3, 0.4) is 0 Å². The maximum absolute atomic E-state index is 13.8. The van der Waals surface area contributed by atoms with Crippen molar-refractivity contribution in [2.24, 2.45) is 4.99 Å². The molecule has 0 aliphatic carbocycles. The number of rotatable bonds is 8. The molecule has 0 bridgehead atoms. The summed E-state index contributed by atoms with van der Waals surface area (Å²) >= 11 is 2.77. The van der Waals surface area contributed by atoms with E-state index in [2.05, 4.69) is 29.3 Å². The van der Waals surface area contributed by atoms with Crippen LogP contribution in [-0.2, 0) is 16.1 Å². The lowest BCUT2D eigenvalue weighted by Gasteiger charge is -2.22. The fourth-order valence-electron chi connectivity index (χ4n) is 5.14. The van der Waals surface area contributed by atoms with Crippen LogP contribution in [0.4, 0.5) is 0 Å². The zero-order valence-electron chi connectivity index (χ0n) is 23.3. The van der Waals surface area contributed by atoms with Crippen LogP contribution >= 0.6 is 22.7 Å². The third-order valence-corrected chi connectivity index (χ3v) is 8.98. The summed E-state index contributed by atoms with van der Waals surface area (Å²) in [6.45, 7) is 4.55. The lowest BCUT2D eigenvalue weighted by molar-refractivity contribution is -0.136. The topological polar surface area (TPSA) is 79.1 Å². The quantitative estimate of drug-likeness (QED) is 0.218. The number of thiazole rings is 1. The third kappa shape index (κ3) is 5.17. The second kappa shape index (κ2) is 11.8. The SMILES string of the molecule is CCOc1cc(C=c2sc3n(c2=O)C(c2cccs2)C(C(=O)OC)=C(C)N=3)ccc1OCc1cccc2ccccc12. The van der Waals surface area contributed by atoms with Crippen LogP contribution in [0.5, 0.6) is 11.5 Å². The molecule has 0 N–H and O–H groups in total. The number of hydrogen-bond acceptors (Lipinski definition) is 8. The Balaban J connectivity index is 1.36. The van der Waals surface area contributed by atoms with Gasteiger partial charge in [-0.15, -0.1) is 11.3 Å². The average Bonchev–Trinajstić information content (AvgIpc) is 3.64. The zero-order valence-corrected chi connectivity index (χ0v) is 25.0. The van der Waals surface area contributed by atoms with Gasteiger partial charge in [0, 0.05) is 4.88 Å². The van der Waals surface area contributed by atoms with Crippen LogP contribution in [0, 0.1) is 0 Å². The van der Waals surface area contributed by atoms with Crippen LogP contribution in [0.2, 0.25) is 0 Å². The summed E-state index contributed by atoms with van der Waals surface area (Å²) in [6.07, 6.45) is 1.82. The van der Waals surface area contributed by atoms with E-state index in [0.29, 0.717) is 45.3 Å². The van der Waals surface area contributed by atoms with Gasteiger partial charge < -0.3 is 14.2 Å². The first-order valence-electron chi connectivity index (χ1n) is 13.5. The number of thiophene rings is 1. The van der Waals surface area contributed by atoms with E-state index in [-0.39, 0.29) is 5.56 Å². The fourth-order valence-corrected chi connectivity index (χ4v) is 7.01. The summed E-state index contributed by atoms with van der Waals surface area (Å²) in [4.78, 5) is 32.6. The first kappa shape index (κ1) is 27.7. The molecule has 5 aromatic rings. The molecule has 3 aromatic carbocycles. The molecule has 9 heteroatoms. The van der Waals surface area contributed by atoms with Crippen molar-refractivity contribution < 1.29 is 19.0 Å². The van der Waals surface area contributed by atoms with Crippen molar-refractivity contribution in [1.29, 1.82) is 0 Å². The van der Waals surface area contributed by atoms with Gasteiger partial charge in [-0.05, 0) is 65.4 Å². The van der Waals surface area contributed by atoms with E-state index < -0.39 is 12.0 Å². The highest BCUT2D eigenvalue weighted by molar-refractivity contribution is 7.10. The molecule has 2 aromatic heterocycles. The molecule has 1 atom stereocenters. The zero-order chi connectivity index (χ0) is 29.2. The number of esters is 1. The van der Waals surface area contributed by atoms with E-state index >= 15 is 0 Å². The predicted octanol–water partition coefficient (Wildman–Crippen LogP) is 5.60. The van der Waals surface area contributed by atoms with Gasteiger partial charge in [0.05, 0.1) is 29.5 Å². The molecule has 0 fully saturated rings. The van der Waals surface area contributed by atoms with Crippen molar-refractivity contribution in [2.45, 2.75) is 26.5 Å². The van der Waals surface area contributed by atoms with Crippen molar-refractivity contribution in [3.8, 4) is 11.5 Å². The smallest absolute Gasteiger partial charge is 0.338 e. The summed E-state index contributed by atoms with van der Waals surface area (Å²) in [6, 6.07) is 23.3. The Hall–Kier alpha value is -4.47. The Morgan fingerprint density at radius 3 is 2.64 bits per heavy atom. The van der Waals surface area contributed by atoms with E-state index in [4.69, 9.17) is 14.2 Å².